The van der Waals surface area contributed by atoms with E-state index in [1.165, 1.54) is 24.3 Å². The van der Waals surface area contributed by atoms with Crippen molar-refractivity contribution < 1.29 is 18.3 Å². The van der Waals surface area contributed by atoms with Gasteiger partial charge in [0.2, 0.25) is 5.89 Å². The van der Waals surface area contributed by atoms with Crippen LogP contribution in [0.4, 0.5) is 4.39 Å². The third-order valence-electron chi connectivity index (χ3n) is 3.60. The van der Waals surface area contributed by atoms with Crippen LogP contribution in [0.25, 0.3) is 17.5 Å². The van der Waals surface area contributed by atoms with Crippen LogP contribution in [0.1, 0.15) is 17.0 Å². The molecular formula is C20H16FNO3. The van der Waals surface area contributed by atoms with E-state index in [2.05, 4.69) is 4.98 Å². The van der Waals surface area contributed by atoms with Crippen molar-refractivity contribution in [2.75, 3.05) is 0 Å². The summed E-state index contributed by atoms with van der Waals surface area (Å²) in [5, 5.41) is 0. The van der Waals surface area contributed by atoms with Crippen LogP contribution in [0.5, 0.6) is 5.75 Å². The number of hydrogen-bond donors (Lipinski definition) is 0. The van der Waals surface area contributed by atoms with Crippen LogP contribution in [-0.4, -0.2) is 11.3 Å². The highest BCUT2D eigenvalue weighted by atomic mass is 19.1. The maximum Gasteiger partial charge on any atom is 0.226 e. The molecule has 5 heteroatoms. The third-order valence-corrected chi connectivity index (χ3v) is 3.60. The molecule has 0 atom stereocenters. The number of aldehydes is 1. The Kier molecular flexibility index (Phi) is 5.04. The topological polar surface area (TPSA) is 52.3 Å². The predicted octanol–water partition coefficient (Wildman–Crippen LogP) is 4.58. The van der Waals surface area contributed by atoms with Crippen molar-refractivity contribution in [1.82, 2.24) is 4.98 Å². The van der Waals surface area contributed by atoms with Crippen molar-refractivity contribution in [3.05, 3.63) is 77.4 Å². The molecular weight excluding hydrogens is 321 g/mol. The van der Waals surface area contributed by atoms with Crippen LogP contribution in [0.3, 0.4) is 0 Å². The lowest BCUT2D eigenvalue weighted by atomic mass is 10.2. The second-order valence-corrected chi connectivity index (χ2v) is 5.36. The fourth-order valence-corrected chi connectivity index (χ4v) is 2.30. The molecule has 0 fully saturated rings. The number of carbonyl (C=O) groups is 1. The van der Waals surface area contributed by atoms with Crippen LogP contribution < -0.4 is 4.74 Å². The Bertz CT molecular complexity index is 901. The molecule has 3 aromatic rings. The minimum absolute atomic E-state index is 0.0998. The van der Waals surface area contributed by atoms with Crippen molar-refractivity contribution in [3.63, 3.8) is 0 Å². The van der Waals surface area contributed by atoms with Crippen LogP contribution in [-0.2, 0) is 11.4 Å². The van der Waals surface area contributed by atoms with E-state index in [-0.39, 0.29) is 12.4 Å². The largest absolute Gasteiger partial charge is 0.484 e. The van der Waals surface area contributed by atoms with Gasteiger partial charge < -0.3 is 9.15 Å². The van der Waals surface area contributed by atoms with Crippen molar-refractivity contribution >= 4 is 12.4 Å². The van der Waals surface area contributed by atoms with Crippen LogP contribution in [0.15, 0.2) is 59.0 Å². The molecule has 0 aliphatic rings. The molecule has 0 spiro atoms. The van der Waals surface area contributed by atoms with Gasteiger partial charge in [-0.05, 0) is 42.8 Å². The molecule has 0 unspecified atom stereocenters. The molecule has 0 radical (unpaired) electrons. The number of carbonyl (C=O) groups excluding carboxylic acids is 1. The summed E-state index contributed by atoms with van der Waals surface area (Å²) in [6.45, 7) is 1.89. The highest BCUT2D eigenvalue weighted by Crippen LogP contribution is 2.24. The fourth-order valence-electron chi connectivity index (χ4n) is 2.30. The SMILES string of the molecule is Cc1oc(-c2ccccc2)nc1COc1ccc(C=CC=O)cc1F. The Labute approximate surface area is 144 Å². The number of halogens is 1. The first kappa shape index (κ1) is 16.6. The van der Waals surface area contributed by atoms with Gasteiger partial charge in [-0.25, -0.2) is 9.37 Å². The summed E-state index contributed by atoms with van der Waals surface area (Å²) >= 11 is 0. The van der Waals surface area contributed by atoms with Gasteiger partial charge in [0.05, 0.1) is 0 Å². The summed E-state index contributed by atoms with van der Waals surface area (Å²) in [4.78, 5) is 14.7. The number of allylic oxidation sites excluding steroid dienone is 1. The average Bonchev–Trinajstić information content (AvgIpc) is 3.01. The number of aryl methyl sites for hydroxylation is 1. The monoisotopic (exact) mass is 337 g/mol. The number of nitrogens with zero attached hydrogens (tertiary/aromatic N) is 1. The Morgan fingerprint density at radius 1 is 1.20 bits per heavy atom. The Hall–Kier alpha value is -3.21. The molecule has 0 bridgehead atoms. The highest BCUT2D eigenvalue weighted by Gasteiger charge is 2.13. The molecule has 4 nitrogen and oxygen atoms in total. The fraction of sp³-hybridized carbons (Fsp3) is 0.100. The molecule has 0 saturated carbocycles. The van der Waals surface area contributed by atoms with Gasteiger partial charge in [-0.15, -0.1) is 0 Å². The number of benzene rings is 2. The van der Waals surface area contributed by atoms with E-state index in [9.17, 15) is 9.18 Å². The van der Waals surface area contributed by atoms with E-state index >= 15 is 0 Å². The molecule has 1 aromatic heterocycles. The normalized spacial score (nSPS) is 11.0. The van der Waals surface area contributed by atoms with E-state index in [0.29, 0.717) is 29.2 Å². The minimum atomic E-state index is -0.502. The van der Waals surface area contributed by atoms with Crippen molar-refractivity contribution in [1.29, 1.82) is 0 Å². The number of aromatic nitrogens is 1. The van der Waals surface area contributed by atoms with Gasteiger partial charge in [-0.3, -0.25) is 4.79 Å². The first-order valence-electron chi connectivity index (χ1n) is 7.73. The third kappa shape index (κ3) is 4.01. The standard InChI is InChI=1S/C20H16FNO3/c1-14-18(22-20(25-14)16-7-3-2-4-8-16)13-24-19-10-9-15(6-5-11-23)12-17(19)21/h2-12H,13H2,1H3. The smallest absolute Gasteiger partial charge is 0.226 e. The molecule has 0 aliphatic carbocycles. The second-order valence-electron chi connectivity index (χ2n) is 5.36. The number of oxazole rings is 1. The summed E-state index contributed by atoms with van der Waals surface area (Å²) in [6.07, 6.45) is 3.47. The molecule has 25 heavy (non-hydrogen) atoms. The van der Waals surface area contributed by atoms with Crippen LogP contribution in [0, 0.1) is 12.7 Å². The molecule has 0 N–H and O–H groups in total. The molecule has 0 amide bonds. The van der Waals surface area contributed by atoms with E-state index in [4.69, 9.17) is 9.15 Å². The Morgan fingerprint density at radius 2 is 2.00 bits per heavy atom. The van der Waals surface area contributed by atoms with Crippen molar-refractivity contribution in [3.8, 4) is 17.2 Å². The van der Waals surface area contributed by atoms with Gasteiger partial charge in [-0.1, -0.05) is 30.3 Å². The molecule has 1 heterocycles. The van der Waals surface area contributed by atoms with E-state index in [1.54, 1.807) is 13.0 Å². The lowest BCUT2D eigenvalue weighted by Crippen LogP contribution is -1.99. The first-order valence-corrected chi connectivity index (χ1v) is 7.73. The zero-order valence-corrected chi connectivity index (χ0v) is 13.6. The van der Waals surface area contributed by atoms with Gasteiger partial charge >= 0.3 is 0 Å². The van der Waals surface area contributed by atoms with E-state index in [0.717, 1.165) is 5.56 Å². The molecule has 0 saturated heterocycles. The molecule has 2 aromatic carbocycles. The molecule has 3 rings (SSSR count). The lowest BCUT2D eigenvalue weighted by molar-refractivity contribution is -0.104. The van der Waals surface area contributed by atoms with E-state index < -0.39 is 5.82 Å². The van der Waals surface area contributed by atoms with Crippen molar-refractivity contribution in [2.45, 2.75) is 13.5 Å². The predicted molar refractivity (Wildman–Crippen MR) is 92.5 cm³/mol. The van der Waals surface area contributed by atoms with Crippen molar-refractivity contribution in [2.24, 2.45) is 0 Å². The van der Waals surface area contributed by atoms with Gasteiger partial charge in [0.25, 0.3) is 0 Å². The summed E-state index contributed by atoms with van der Waals surface area (Å²) in [7, 11) is 0. The molecule has 126 valence electrons. The molecule has 0 aliphatic heterocycles. The zero-order chi connectivity index (χ0) is 17.6. The number of rotatable bonds is 6. The number of ether oxygens (including phenoxy) is 1. The minimum Gasteiger partial charge on any atom is -0.484 e. The van der Waals surface area contributed by atoms with E-state index in [1.807, 2.05) is 30.3 Å². The quantitative estimate of drug-likeness (QED) is 0.488. The Balaban J connectivity index is 1.73. The summed E-state index contributed by atoms with van der Waals surface area (Å²) in [5.74, 6) is 0.751. The first-order chi connectivity index (χ1) is 12.2. The van der Waals surface area contributed by atoms with Gasteiger partial charge in [-0.2, -0.15) is 0 Å². The summed E-state index contributed by atoms with van der Waals surface area (Å²) < 4.78 is 25.2. The maximum atomic E-state index is 14.1. The highest BCUT2D eigenvalue weighted by molar-refractivity contribution is 5.73. The summed E-state index contributed by atoms with van der Waals surface area (Å²) in [6, 6.07) is 14.0. The Morgan fingerprint density at radius 3 is 2.72 bits per heavy atom. The maximum absolute atomic E-state index is 14.1. The van der Waals surface area contributed by atoms with Gasteiger partial charge in [0.1, 0.15) is 24.3 Å². The average molecular weight is 337 g/mol. The van der Waals surface area contributed by atoms with Crippen LogP contribution >= 0.6 is 0 Å². The van der Waals surface area contributed by atoms with Gasteiger partial charge in [0, 0.05) is 5.56 Å². The van der Waals surface area contributed by atoms with Crippen LogP contribution in [0.2, 0.25) is 0 Å². The summed E-state index contributed by atoms with van der Waals surface area (Å²) in [5.41, 5.74) is 2.07. The lowest BCUT2D eigenvalue weighted by Gasteiger charge is -2.06. The number of hydrogen-bond acceptors (Lipinski definition) is 4. The second kappa shape index (κ2) is 7.57. The zero-order valence-electron chi connectivity index (χ0n) is 13.6. The van der Waals surface area contributed by atoms with Gasteiger partial charge in [0.15, 0.2) is 11.6 Å².